The summed E-state index contributed by atoms with van der Waals surface area (Å²) >= 11 is 0. The van der Waals surface area contributed by atoms with E-state index in [1.54, 1.807) is 25.3 Å². The van der Waals surface area contributed by atoms with Crippen LogP contribution in [0.1, 0.15) is 29.6 Å². The molecule has 1 fully saturated rings. The SMILES string of the molecule is COC(=O)c1ccc(OCC2CCCCN2C)c(OC)c1. The Morgan fingerprint density at radius 3 is 2.76 bits per heavy atom. The third kappa shape index (κ3) is 3.88. The second-order valence-corrected chi connectivity index (χ2v) is 5.30. The zero-order valence-corrected chi connectivity index (χ0v) is 12.9. The Morgan fingerprint density at radius 1 is 1.29 bits per heavy atom. The summed E-state index contributed by atoms with van der Waals surface area (Å²) in [6.45, 7) is 1.75. The van der Waals surface area contributed by atoms with Crippen molar-refractivity contribution in [1.82, 2.24) is 4.90 Å². The number of nitrogens with zero attached hydrogens (tertiary/aromatic N) is 1. The molecule has 1 atom stereocenters. The quantitative estimate of drug-likeness (QED) is 0.780. The lowest BCUT2D eigenvalue weighted by Gasteiger charge is -2.32. The molecule has 0 radical (unpaired) electrons. The number of carbonyl (C=O) groups excluding carboxylic acids is 1. The second-order valence-electron chi connectivity index (χ2n) is 5.30. The zero-order valence-electron chi connectivity index (χ0n) is 12.9. The minimum atomic E-state index is -0.383. The molecule has 1 saturated heterocycles. The zero-order chi connectivity index (χ0) is 15.2. The minimum absolute atomic E-state index is 0.383. The summed E-state index contributed by atoms with van der Waals surface area (Å²) in [5.74, 6) is 0.826. The van der Waals surface area contributed by atoms with Gasteiger partial charge >= 0.3 is 5.97 Å². The van der Waals surface area contributed by atoms with Crippen molar-refractivity contribution in [2.24, 2.45) is 0 Å². The van der Waals surface area contributed by atoms with Crippen molar-refractivity contribution in [2.45, 2.75) is 25.3 Å². The lowest BCUT2D eigenvalue weighted by Crippen LogP contribution is -2.40. The number of benzene rings is 1. The lowest BCUT2D eigenvalue weighted by atomic mass is 10.0. The number of esters is 1. The smallest absolute Gasteiger partial charge is 0.337 e. The van der Waals surface area contributed by atoms with E-state index in [1.807, 2.05) is 0 Å². The van der Waals surface area contributed by atoms with E-state index < -0.39 is 0 Å². The molecule has 1 heterocycles. The van der Waals surface area contributed by atoms with Gasteiger partial charge in [-0.25, -0.2) is 4.79 Å². The van der Waals surface area contributed by atoms with Crippen LogP contribution in [0.25, 0.3) is 0 Å². The van der Waals surface area contributed by atoms with Crippen LogP contribution < -0.4 is 9.47 Å². The predicted octanol–water partition coefficient (Wildman–Crippen LogP) is 2.34. The number of rotatable bonds is 5. The number of methoxy groups -OCH3 is 2. The van der Waals surface area contributed by atoms with Gasteiger partial charge in [0.05, 0.1) is 19.8 Å². The Balaban J connectivity index is 2.03. The molecular formula is C16H23NO4. The van der Waals surface area contributed by atoms with E-state index >= 15 is 0 Å². The summed E-state index contributed by atoms with van der Waals surface area (Å²) in [5.41, 5.74) is 0.455. The molecule has 5 nitrogen and oxygen atoms in total. The van der Waals surface area contributed by atoms with Gasteiger partial charge in [-0.15, -0.1) is 0 Å². The average molecular weight is 293 g/mol. The fourth-order valence-electron chi connectivity index (χ4n) is 2.57. The topological polar surface area (TPSA) is 48.0 Å². The molecule has 0 N–H and O–H groups in total. The van der Waals surface area contributed by atoms with E-state index in [2.05, 4.69) is 11.9 Å². The number of ether oxygens (including phenoxy) is 3. The molecule has 5 heteroatoms. The number of carbonyl (C=O) groups is 1. The number of likely N-dealkylation sites (N-methyl/N-ethyl adjacent to an activating group) is 1. The summed E-state index contributed by atoms with van der Waals surface area (Å²) in [6, 6.07) is 5.53. The van der Waals surface area contributed by atoms with Gasteiger partial charge < -0.3 is 19.1 Å². The van der Waals surface area contributed by atoms with Crippen LogP contribution in [0.2, 0.25) is 0 Å². The molecule has 0 spiro atoms. The molecule has 1 aromatic rings. The van der Waals surface area contributed by atoms with Gasteiger partial charge in [0, 0.05) is 6.04 Å². The average Bonchev–Trinajstić information content (AvgIpc) is 2.53. The Morgan fingerprint density at radius 2 is 2.10 bits per heavy atom. The standard InChI is InChI=1S/C16H23NO4/c1-17-9-5-4-6-13(17)11-21-14-8-7-12(16(18)20-3)10-15(14)19-2/h7-8,10,13H,4-6,9,11H2,1-3H3. The third-order valence-corrected chi connectivity index (χ3v) is 3.94. The number of hydrogen-bond acceptors (Lipinski definition) is 5. The Hall–Kier alpha value is -1.75. The van der Waals surface area contributed by atoms with Crippen molar-refractivity contribution >= 4 is 5.97 Å². The molecule has 1 aromatic carbocycles. The van der Waals surface area contributed by atoms with E-state index in [9.17, 15) is 4.79 Å². The van der Waals surface area contributed by atoms with Crippen molar-refractivity contribution in [3.8, 4) is 11.5 Å². The molecule has 0 bridgehead atoms. The van der Waals surface area contributed by atoms with Gasteiger partial charge in [-0.3, -0.25) is 0 Å². The summed E-state index contributed by atoms with van der Waals surface area (Å²) in [7, 11) is 5.05. The summed E-state index contributed by atoms with van der Waals surface area (Å²) < 4.78 is 15.9. The van der Waals surface area contributed by atoms with Crippen LogP contribution in [0.15, 0.2) is 18.2 Å². The van der Waals surface area contributed by atoms with Crippen LogP contribution in [-0.4, -0.2) is 51.3 Å². The van der Waals surface area contributed by atoms with Crippen LogP contribution in [0.5, 0.6) is 11.5 Å². The van der Waals surface area contributed by atoms with E-state index in [4.69, 9.17) is 14.2 Å². The maximum absolute atomic E-state index is 11.5. The first-order valence-electron chi connectivity index (χ1n) is 7.25. The van der Waals surface area contributed by atoms with Gasteiger partial charge in [0.15, 0.2) is 11.5 Å². The van der Waals surface area contributed by atoms with Crippen LogP contribution in [0.4, 0.5) is 0 Å². The molecule has 1 aliphatic rings. The molecule has 1 aliphatic heterocycles. The van der Waals surface area contributed by atoms with Crippen molar-refractivity contribution in [3.05, 3.63) is 23.8 Å². The molecule has 0 saturated carbocycles. The summed E-state index contributed by atoms with van der Waals surface area (Å²) in [6.07, 6.45) is 3.65. The largest absolute Gasteiger partial charge is 0.493 e. The van der Waals surface area contributed by atoms with Crippen LogP contribution in [-0.2, 0) is 4.74 Å². The number of likely N-dealkylation sites (tertiary alicyclic amines) is 1. The van der Waals surface area contributed by atoms with E-state index in [0.29, 0.717) is 29.7 Å². The van der Waals surface area contributed by atoms with Gasteiger partial charge in [-0.05, 0) is 44.6 Å². The maximum Gasteiger partial charge on any atom is 0.337 e. The molecule has 0 aliphatic carbocycles. The molecule has 0 amide bonds. The molecule has 21 heavy (non-hydrogen) atoms. The Bertz CT molecular complexity index is 489. The number of piperidine rings is 1. The highest BCUT2D eigenvalue weighted by molar-refractivity contribution is 5.90. The maximum atomic E-state index is 11.5. The monoisotopic (exact) mass is 293 g/mol. The highest BCUT2D eigenvalue weighted by Gasteiger charge is 2.20. The van der Waals surface area contributed by atoms with E-state index in [-0.39, 0.29) is 5.97 Å². The Labute approximate surface area is 125 Å². The van der Waals surface area contributed by atoms with Crippen LogP contribution in [0, 0.1) is 0 Å². The third-order valence-electron chi connectivity index (χ3n) is 3.94. The predicted molar refractivity (Wildman–Crippen MR) is 80.1 cm³/mol. The first kappa shape index (κ1) is 15.6. The summed E-state index contributed by atoms with van der Waals surface area (Å²) in [5, 5.41) is 0. The molecule has 0 aromatic heterocycles. The van der Waals surface area contributed by atoms with Gasteiger partial charge in [0.1, 0.15) is 6.61 Å². The van der Waals surface area contributed by atoms with Gasteiger partial charge in [0.25, 0.3) is 0 Å². The Kier molecular flexibility index (Phi) is 5.44. The summed E-state index contributed by atoms with van der Waals surface area (Å²) in [4.78, 5) is 13.8. The number of hydrogen-bond donors (Lipinski definition) is 0. The molecule has 1 unspecified atom stereocenters. The van der Waals surface area contributed by atoms with Crippen LogP contribution >= 0.6 is 0 Å². The van der Waals surface area contributed by atoms with Gasteiger partial charge in [-0.1, -0.05) is 6.42 Å². The first-order valence-corrected chi connectivity index (χ1v) is 7.25. The lowest BCUT2D eigenvalue weighted by molar-refractivity contribution is 0.0600. The molecule has 2 rings (SSSR count). The van der Waals surface area contributed by atoms with Crippen LogP contribution in [0.3, 0.4) is 0 Å². The van der Waals surface area contributed by atoms with Crippen molar-refractivity contribution in [1.29, 1.82) is 0 Å². The highest BCUT2D eigenvalue weighted by atomic mass is 16.5. The molecular weight excluding hydrogens is 270 g/mol. The highest BCUT2D eigenvalue weighted by Crippen LogP contribution is 2.29. The van der Waals surface area contributed by atoms with Crippen molar-refractivity contribution in [3.63, 3.8) is 0 Å². The minimum Gasteiger partial charge on any atom is -0.493 e. The van der Waals surface area contributed by atoms with Gasteiger partial charge in [0.2, 0.25) is 0 Å². The van der Waals surface area contributed by atoms with Gasteiger partial charge in [-0.2, -0.15) is 0 Å². The van der Waals surface area contributed by atoms with E-state index in [0.717, 1.165) is 13.0 Å². The molecule has 116 valence electrons. The van der Waals surface area contributed by atoms with Crippen molar-refractivity contribution in [2.75, 3.05) is 34.4 Å². The van der Waals surface area contributed by atoms with E-state index in [1.165, 1.54) is 20.0 Å². The first-order chi connectivity index (χ1) is 10.2. The second kappa shape index (κ2) is 7.31. The normalized spacial score (nSPS) is 19.1. The fraction of sp³-hybridized carbons (Fsp3) is 0.562. The van der Waals surface area contributed by atoms with Crippen molar-refractivity contribution < 1.29 is 19.0 Å². The fourth-order valence-corrected chi connectivity index (χ4v) is 2.57.